The fourth-order valence-electron chi connectivity index (χ4n) is 1.43. The number of nitrogens with zero attached hydrogens (tertiary/aromatic N) is 1. The molecule has 16 heavy (non-hydrogen) atoms. The van der Waals surface area contributed by atoms with Crippen molar-refractivity contribution in [2.45, 2.75) is 0 Å². The van der Waals surface area contributed by atoms with Crippen LogP contribution in [0, 0.1) is 5.41 Å². The summed E-state index contributed by atoms with van der Waals surface area (Å²) in [5.74, 6) is -0.212. The van der Waals surface area contributed by atoms with E-state index in [0.717, 1.165) is 5.56 Å². The molecule has 1 amide bonds. The van der Waals surface area contributed by atoms with Gasteiger partial charge in [0.15, 0.2) is 0 Å². The van der Waals surface area contributed by atoms with E-state index < -0.39 is 0 Å². The molecule has 0 aromatic heterocycles. The predicted octanol–water partition coefficient (Wildman–Crippen LogP) is 1.68. The molecule has 0 bridgehead atoms. The highest BCUT2D eigenvalue weighted by atomic mass is 35.5. The molecule has 0 atom stereocenters. The minimum absolute atomic E-state index is 0.0725. The van der Waals surface area contributed by atoms with Gasteiger partial charge in [-0.05, 0) is 17.7 Å². The minimum atomic E-state index is -0.285. The van der Waals surface area contributed by atoms with Crippen molar-refractivity contribution >= 4 is 29.5 Å². The number of carbonyl (C=O) groups excluding carboxylic acids is 1. The summed E-state index contributed by atoms with van der Waals surface area (Å²) in [5, 5.41) is 10.4. The maximum atomic E-state index is 11.5. The SMILES string of the molecule is CN1C(=N)NC(=O)/C1=C/c1ccccc1Cl. The van der Waals surface area contributed by atoms with Crippen molar-refractivity contribution in [1.29, 1.82) is 5.41 Å². The van der Waals surface area contributed by atoms with E-state index in [2.05, 4.69) is 5.32 Å². The van der Waals surface area contributed by atoms with E-state index in [-0.39, 0.29) is 11.9 Å². The van der Waals surface area contributed by atoms with Gasteiger partial charge in [-0.2, -0.15) is 0 Å². The number of carbonyl (C=O) groups is 1. The highest BCUT2D eigenvalue weighted by Crippen LogP contribution is 2.20. The lowest BCUT2D eigenvalue weighted by Crippen LogP contribution is -2.25. The molecule has 1 aromatic carbocycles. The van der Waals surface area contributed by atoms with E-state index >= 15 is 0 Å². The van der Waals surface area contributed by atoms with Crippen LogP contribution in [0.2, 0.25) is 5.02 Å². The largest absolute Gasteiger partial charge is 0.311 e. The summed E-state index contributed by atoms with van der Waals surface area (Å²) >= 11 is 5.99. The minimum Gasteiger partial charge on any atom is -0.311 e. The Hall–Kier alpha value is -1.81. The van der Waals surface area contributed by atoms with Crippen LogP contribution in [0.5, 0.6) is 0 Å². The second kappa shape index (κ2) is 3.98. The number of guanidine groups is 1. The van der Waals surface area contributed by atoms with Gasteiger partial charge in [0.05, 0.1) is 0 Å². The van der Waals surface area contributed by atoms with Crippen LogP contribution in [0.25, 0.3) is 6.08 Å². The summed E-state index contributed by atoms with van der Waals surface area (Å²) in [6, 6.07) is 7.24. The standard InChI is InChI=1S/C11H10ClN3O/c1-15-9(10(16)14-11(15)13)6-7-4-2-3-5-8(7)12/h2-6H,1H3,(H2,13,14,16)/b9-6-. The molecule has 0 spiro atoms. The van der Waals surface area contributed by atoms with E-state index in [9.17, 15) is 4.79 Å². The van der Waals surface area contributed by atoms with Gasteiger partial charge >= 0.3 is 0 Å². The molecule has 2 N–H and O–H groups in total. The third kappa shape index (κ3) is 1.79. The van der Waals surface area contributed by atoms with E-state index in [0.29, 0.717) is 10.7 Å². The van der Waals surface area contributed by atoms with Crippen LogP contribution >= 0.6 is 11.6 Å². The number of hydrogen-bond donors (Lipinski definition) is 2. The molecule has 1 heterocycles. The average molecular weight is 236 g/mol. The van der Waals surface area contributed by atoms with E-state index in [1.807, 2.05) is 18.2 Å². The van der Waals surface area contributed by atoms with Crippen molar-refractivity contribution in [3.05, 3.63) is 40.5 Å². The summed E-state index contributed by atoms with van der Waals surface area (Å²) in [7, 11) is 1.66. The van der Waals surface area contributed by atoms with Gasteiger partial charge in [-0.15, -0.1) is 0 Å². The molecule has 0 radical (unpaired) electrons. The monoisotopic (exact) mass is 235 g/mol. The van der Waals surface area contributed by atoms with Gasteiger partial charge in [-0.25, -0.2) is 0 Å². The van der Waals surface area contributed by atoms with Crippen LogP contribution in [0.1, 0.15) is 5.56 Å². The number of rotatable bonds is 1. The lowest BCUT2D eigenvalue weighted by Gasteiger charge is -2.09. The van der Waals surface area contributed by atoms with Crippen LogP contribution in [-0.2, 0) is 4.79 Å². The van der Waals surface area contributed by atoms with Crippen molar-refractivity contribution in [2.24, 2.45) is 0 Å². The molecule has 0 saturated carbocycles. The molecule has 1 aliphatic rings. The van der Waals surface area contributed by atoms with Crippen LogP contribution in [0.3, 0.4) is 0 Å². The van der Waals surface area contributed by atoms with Gasteiger partial charge < -0.3 is 4.90 Å². The first-order chi connectivity index (χ1) is 7.59. The zero-order valence-electron chi connectivity index (χ0n) is 8.62. The molecule has 1 aromatic rings. The van der Waals surface area contributed by atoms with Crippen LogP contribution in [-0.4, -0.2) is 23.8 Å². The van der Waals surface area contributed by atoms with Crippen molar-refractivity contribution in [3.8, 4) is 0 Å². The third-order valence-corrected chi connectivity index (χ3v) is 2.70. The van der Waals surface area contributed by atoms with Crippen LogP contribution in [0.4, 0.5) is 0 Å². The van der Waals surface area contributed by atoms with Gasteiger partial charge in [-0.1, -0.05) is 29.8 Å². The van der Waals surface area contributed by atoms with Crippen LogP contribution < -0.4 is 5.32 Å². The van der Waals surface area contributed by atoms with Crippen molar-refractivity contribution in [1.82, 2.24) is 10.2 Å². The Balaban J connectivity index is 2.42. The van der Waals surface area contributed by atoms with Gasteiger partial charge in [0.1, 0.15) is 5.70 Å². The number of amides is 1. The Morgan fingerprint density at radius 1 is 1.44 bits per heavy atom. The summed E-state index contributed by atoms with van der Waals surface area (Å²) in [6.45, 7) is 0. The lowest BCUT2D eigenvalue weighted by molar-refractivity contribution is -0.115. The molecular weight excluding hydrogens is 226 g/mol. The number of halogens is 1. The molecule has 1 saturated heterocycles. The Bertz CT molecular complexity index is 496. The van der Waals surface area contributed by atoms with Crippen LogP contribution in [0.15, 0.2) is 30.0 Å². The van der Waals surface area contributed by atoms with Gasteiger partial charge in [-0.3, -0.25) is 15.5 Å². The average Bonchev–Trinajstić information content (AvgIpc) is 2.48. The quantitative estimate of drug-likeness (QED) is 0.728. The molecule has 2 rings (SSSR count). The van der Waals surface area contributed by atoms with E-state index in [1.54, 1.807) is 19.2 Å². The normalized spacial score (nSPS) is 18.1. The molecule has 0 unspecified atom stereocenters. The Morgan fingerprint density at radius 2 is 2.12 bits per heavy atom. The fourth-order valence-corrected chi connectivity index (χ4v) is 1.62. The van der Waals surface area contributed by atoms with Crippen molar-refractivity contribution in [2.75, 3.05) is 7.05 Å². The number of hydrogen-bond acceptors (Lipinski definition) is 2. The zero-order valence-corrected chi connectivity index (χ0v) is 9.38. The Morgan fingerprint density at radius 3 is 2.69 bits per heavy atom. The smallest absolute Gasteiger partial charge is 0.274 e. The van der Waals surface area contributed by atoms with Crippen molar-refractivity contribution in [3.63, 3.8) is 0 Å². The van der Waals surface area contributed by atoms with E-state index in [4.69, 9.17) is 17.0 Å². The third-order valence-electron chi connectivity index (χ3n) is 2.36. The van der Waals surface area contributed by atoms with Crippen molar-refractivity contribution < 1.29 is 4.79 Å². The summed E-state index contributed by atoms with van der Waals surface area (Å²) in [5.41, 5.74) is 1.17. The first-order valence-electron chi connectivity index (χ1n) is 4.69. The van der Waals surface area contributed by atoms with Gasteiger partial charge in [0.2, 0.25) is 5.96 Å². The second-order valence-electron chi connectivity index (χ2n) is 3.41. The summed E-state index contributed by atoms with van der Waals surface area (Å²) in [4.78, 5) is 13.0. The number of likely N-dealkylation sites (N-methyl/N-ethyl adjacent to an activating group) is 1. The summed E-state index contributed by atoms with van der Waals surface area (Å²) < 4.78 is 0. The molecule has 5 heteroatoms. The number of benzene rings is 1. The Kier molecular flexibility index (Phi) is 2.66. The van der Waals surface area contributed by atoms with E-state index in [1.165, 1.54) is 4.90 Å². The highest BCUT2D eigenvalue weighted by Gasteiger charge is 2.26. The fraction of sp³-hybridized carbons (Fsp3) is 0.0909. The molecule has 0 aliphatic carbocycles. The second-order valence-corrected chi connectivity index (χ2v) is 3.82. The van der Waals surface area contributed by atoms with Gasteiger partial charge in [0, 0.05) is 12.1 Å². The lowest BCUT2D eigenvalue weighted by atomic mass is 10.2. The molecule has 1 aliphatic heterocycles. The maximum Gasteiger partial charge on any atom is 0.274 e. The first kappa shape index (κ1) is 10.7. The zero-order chi connectivity index (χ0) is 11.7. The predicted molar refractivity (Wildman–Crippen MR) is 63.1 cm³/mol. The molecule has 4 nitrogen and oxygen atoms in total. The van der Waals surface area contributed by atoms with Gasteiger partial charge in [0.25, 0.3) is 5.91 Å². The highest BCUT2D eigenvalue weighted by molar-refractivity contribution is 6.32. The first-order valence-corrected chi connectivity index (χ1v) is 5.07. The summed E-state index contributed by atoms with van der Waals surface area (Å²) in [6.07, 6.45) is 1.67. The maximum absolute atomic E-state index is 11.5. The molecule has 1 fully saturated rings. The number of nitrogens with one attached hydrogen (secondary N) is 2. The Labute approximate surface area is 98.0 Å². The molecule has 82 valence electrons. The topological polar surface area (TPSA) is 56.2 Å². The molecular formula is C11H10ClN3O.